The highest BCUT2D eigenvalue weighted by molar-refractivity contribution is 5.76. The highest BCUT2D eigenvalue weighted by atomic mass is 19.1. The Morgan fingerprint density at radius 2 is 2.08 bits per heavy atom. The number of hydrogen-bond acceptors (Lipinski definition) is 4. The van der Waals surface area contributed by atoms with E-state index in [9.17, 15) is 9.18 Å². The molecular weight excluding hydrogens is 309 g/mol. The van der Waals surface area contributed by atoms with Crippen molar-refractivity contribution in [2.75, 3.05) is 13.1 Å². The normalized spacial score (nSPS) is 18.4. The van der Waals surface area contributed by atoms with E-state index in [0.29, 0.717) is 36.0 Å². The molecule has 1 aliphatic heterocycles. The second-order valence-electron chi connectivity index (χ2n) is 6.44. The molecule has 2 aromatic rings. The van der Waals surface area contributed by atoms with Crippen LogP contribution in [0.4, 0.5) is 4.39 Å². The van der Waals surface area contributed by atoms with Crippen LogP contribution < -0.4 is 0 Å². The van der Waals surface area contributed by atoms with Crippen LogP contribution >= 0.6 is 0 Å². The minimum atomic E-state index is -0.306. The van der Waals surface area contributed by atoms with Crippen molar-refractivity contribution in [2.24, 2.45) is 5.92 Å². The fourth-order valence-electron chi connectivity index (χ4n) is 2.96. The predicted molar refractivity (Wildman–Crippen MR) is 87.6 cm³/mol. The molecule has 0 spiro atoms. The van der Waals surface area contributed by atoms with Gasteiger partial charge in [-0.15, -0.1) is 0 Å². The van der Waals surface area contributed by atoms with Crippen LogP contribution in [0, 0.1) is 11.7 Å². The van der Waals surface area contributed by atoms with E-state index in [0.717, 1.165) is 25.9 Å². The summed E-state index contributed by atoms with van der Waals surface area (Å²) in [5, 5.41) is 3.90. The van der Waals surface area contributed by atoms with E-state index in [1.54, 1.807) is 12.1 Å². The van der Waals surface area contributed by atoms with Crippen molar-refractivity contribution in [1.29, 1.82) is 0 Å². The lowest BCUT2D eigenvalue weighted by Gasteiger charge is -2.20. The van der Waals surface area contributed by atoms with Crippen LogP contribution in [0.1, 0.15) is 38.5 Å². The molecule has 1 atom stereocenters. The largest absolute Gasteiger partial charge is 0.343 e. The molecule has 0 saturated carbocycles. The minimum absolute atomic E-state index is 0.144. The standard InChI is InChI=1S/C18H22FN3O2/c1-13-3-2-11-22(12-10-13)17(23)9-8-16-20-18(21-24-16)14-4-6-15(19)7-5-14/h4-7,13H,2-3,8-12H2,1H3. The molecule has 0 bridgehead atoms. The molecule has 5 nitrogen and oxygen atoms in total. The number of rotatable bonds is 4. The topological polar surface area (TPSA) is 59.2 Å². The molecule has 1 aromatic heterocycles. The van der Waals surface area contributed by atoms with E-state index < -0.39 is 0 Å². The van der Waals surface area contributed by atoms with Crippen molar-refractivity contribution in [3.63, 3.8) is 0 Å². The lowest BCUT2D eigenvalue weighted by molar-refractivity contribution is -0.131. The van der Waals surface area contributed by atoms with Gasteiger partial charge in [0.25, 0.3) is 0 Å². The molecule has 24 heavy (non-hydrogen) atoms. The van der Waals surface area contributed by atoms with E-state index in [4.69, 9.17) is 4.52 Å². The summed E-state index contributed by atoms with van der Waals surface area (Å²) >= 11 is 0. The Bertz CT molecular complexity index is 684. The van der Waals surface area contributed by atoms with Gasteiger partial charge in [0.15, 0.2) is 0 Å². The van der Waals surface area contributed by atoms with Crippen molar-refractivity contribution < 1.29 is 13.7 Å². The zero-order chi connectivity index (χ0) is 16.9. The predicted octanol–water partition coefficient (Wildman–Crippen LogP) is 3.46. The van der Waals surface area contributed by atoms with Crippen molar-refractivity contribution in [1.82, 2.24) is 15.0 Å². The van der Waals surface area contributed by atoms with E-state index in [-0.39, 0.29) is 11.7 Å². The number of aromatic nitrogens is 2. The van der Waals surface area contributed by atoms with Crippen LogP contribution in [0.5, 0.6) is 0 Å². The van der Waals surface area contributed by atoms with Crippen LogP contribution in [0.2, 0.25) is 0 Å². The maximum absolute atomic E-state index is 12.9. The van der Waals surface area contributed by atoms with E-state index in [1.165, 1.54) is 18.6 Å². The Hall–Kier alpha value is -2.24. The molecule has 1 aliphatic rings. The summed E-state index contributed by atoms with van der Waals surface area (Å²) in [6.07, 6.45) is 4.14. The zero-order valence-electron chi connectivity index (χ0n) is 13.9. The quantitative estimate of drug-likeness (QED) is 0.861. The number of amides is 1. The average molecular weight is 331 g/mol. The molecule has 1 fully saturated rings. The number of hydrogen-bond donors (Lipinski definition) is 0. The van der Waals surface area contributed by atoms with Gasteiger partial charge in [0, 0.05) is 31.5 Å². The summed E-state index contributed by atoms with van der Waals surface area (Å²) in [5.41, 5.74) is 0.694. The maximum Gasteiger partial charge on any atom is 0.227 e. The molecule has 1 amide bonds. The third-order valence-corrected chi connectivity index (χ3v) is 4.49. The van der Waals surface area contributed by atoms with Gasteiger partial charge in [-0.05, 0) is 49.4 Å². The van der Waals surface area contributed by atoms with E-state index in [2.05, 4.69) is 17.1 Å². The van der Waals surface area contributed by atoms with Crippen molar-refractivity contribution in [2.45, 2.75) is 39.0 Å². The van der Waals surface area contributed by atoms with Gasteiger partial charge in [-0.3, -0.25) is 4.79 Å². The number of nitrogens with zero attached hydrogens (tertiary/aromatic N) is 3. The number of likely N-dealkylation sites (tertiary alicyclic amines) is 1. The number of aryl methyl sites for hydroxylation is 1. The average Bonchev–Trinajstić information content (AvgIpc) is 2.94. The molecular formula is C18H22FN3O2. The highest BCUT2D eigenvalue weighted by Crippen LogP contribution is 2.19. The lowest BCUT2D eigenvalue weighted by atomic mass is 10.0. The Balaban J connectivity index is 1.55. The third-order valence-electron chi connectivity index (χ3n) is 4.49. The van der Waals surface area contributed by atoms with Crippen LogP contribution in [-0.2, 0) is 11.2 Å². The molecule has 0 radical (unpaired) electrons. The van der Waals surface area contributed by atoms with Crippen molar-refractivity contribution in [3.8, 4) is 11.4 Å². The second kappa shape index (κ2) is 7.55. The van der Waals surface area contributed by atoms with Gasteiger partial charge in [-0.25, -0.2) is 4.39 Å². The Labute approximate surface area is 140 Å². The summed E-state index contributed by atoms with van der Waals surface area (Å²) in [4.78, 5) is 18.6. The monoisotopic (exact) mass is 331 g/mol. The summed E-state index contributed by atoms with van der Waals surface area (Å²) in [6, 6.07) is 5.92. The van der Waals surface area contributed by atoms with Gasteiger partial charge in [0.2, 0.25) is 17.6 Å². The number of carbonyl (C=O) groups excluding carboxylic acids is 1. The molecule has 1 saturated heterocycles. The summed E-state index contributed by atoms with van der Waals surface area (Å²) in [5.74, 6) is 1.38. The van der Waals surface area contributed by atoms with Gasteiger partial charge >= 0.3 is 0 Å². The summed E-state index contributed by atoms with van der Waals surface area (Å²) < 4.78 is 18.1. The number of halogens is 1. The maximum atomic E-state index is 12.9. The van der Waals surface area contributed by atoms with Crippen molar-refractivity contribution >= 4 is 5.91 Å². The van der Waals surface area contributed by atoms with Gasteiger partial charge in [-0.1, -0.05) is 12.1 Å². The smallest absolute Gasteiger partial charge is 0.227 e. The van der Waals surface area contributed by atoms with Gasteiger partial charge in [-0.2, -0.15) is 4.98 Å². The van der Waals surface area contributed by atoms with Gasteiger partial charge < -0.3 is 9.42 Å². The van der Waals surface area contributed by atoms with Crippen LogP contribution in [0.15, 0.2) is 28.8 Å². The fourth-order valence-corrected chi connectivity index (χ4v) is 2.96. The molecule has 128 valence electrons. The first-order chi connectivity index (χ1) is 11.6. The highest BCUT2D eigenvalue weighted by Gasteiger charge is 2.19. The SMILES string of the molecule is CC1CCCN(C(=O)CCc2nc(-c3ccc(F)cc3)no2)CC1. The van der Waals surface area contributed by atoms with Gasteiger partial charge in [0.05, 0.1) is 0 Å². The second-order valence-corrected chi connectivity index (χ2v) is 6.44. The molecule has 6 heteroatoms. The summed E-state index contributed by atoms with van der Waals surface area (Å²) in [7, 11) is 0. The zero-order valence-corrected chi connectivity index (χ0v) is 13.9. The minimum Gasteiger partial charge on any atom is -0.343 e. The molecule has 1 unspecified atom stereocenters. The molecule has 2 heterocycles. The van der Waals surface area contributed by atoms with Crippen LogP contribution in [-0.4, -0.2) is 34.0 Å². The lowest BCUT2D eigenvalue weighted by Crippen LogP contribution is -2.32. The summed E-state index contributed by atoms with van der Waals surface area (Å²) in [6.45, 7) is 3.92. The number of benzene rings is 1. The first-order valence-electron chi connectivity index (χ1n) is 8.48. The van der Waals surface area contributed by atoms with Crippen LogP contribution in [0.25, 0.3) is 11.4 Å². The van der Waals surface area contributed by atoms with Crippen LogP contribution in [0.3, 0.4) is 0 Å². The number of carbonyl (C=O) groups is 1. The first-order valence-corrected chi connectivity index (χ1v) is 8.48. The van der Waals surface area contributed by atoms with E-state index in [1.807, 2.05) is 4.90 Å². The molecule has 0 N–H and O–H groups in total. The Kier molecular flexibility index (Phi) is 5.23. The molecule has 0 aliphatic carbocycles. The first kappa shape index (κ1) is 16.6. The third kappa shape index (κ3) is 4.19. The molecule has 3 rings (SSSR count). The van der Waals surface area contributed by atoms with Crippen molar-refractivity contribution in [3.05, 3.63) is 36.0 Å². The Morgan fingerprint density at radius 1 is 1.29 bits per heavy atom. The van der Waals surface area contributed by atoms with Gasteiger partial charge in [0.1, 0.15) is 5.82 Å². The molecule has 1 aromatic carbocycles. The van der Waals surface area contributed by atoms with E-state index >= 15 is 0 Å². The fraction of sp³-hybridized carbons (Fsp3) is 0.500. The Morgan fingerprint density at radius 3 is 2.88 bits per heavy atom.